The van der Waals surface area contributed by atoms with Crippen LogP contribution in [0.1, 0.15) is 43.4 Å². The number of aromatic nitrogens is 1. The Morgan fingerprint density at radius 2 is 1.09 bits per heavy atom. The van der Waals surface area contributed by atoms with E-state index in [1.165, 1.54) is 33.5 Å². The van der Waals surface area contributed by atoms with Gasteiger partial charge < -0.3 is 4.90 Å². The van der Waals surface area contributed by atoms with Crippen molar-refractivity contribution >= 4 is 34.3 Å². The average Bonchev–Trinajstić information content (AvgIpc) is 3.36. The lowest BCUT2D eigenvalue weighted by Crippen LogP contribution is -2.23. The van der Waals surface area contributed by atoms with E-state index in [1.54, 1.807) is 0 Å². The molecule has 3 nitrogen and oxygen atoms in total. The SMILES string of the molecule is CCC1(CC)c2ccccc2-c2ccc(N(c3ccccc3)c3ccc(N(c4cccc(C)c4)c4ccccn4)cc3)cc21. The van der Waals surface area contributed by atoms with Crippen molar-refractivity contribution in [3.8, 4) is 11.1 Å². The average molecular weight is 572 g/mol. The highest BCUT2D eigenvalue weighted by atomic mass is 15.2. The van der Waals surface area contributed by atoms with Gasteiger partial charge >= 0.3 is 0 Å². The summed E-state index contributed by atoms with van der Waals surface area (Å²) in [5, 5.41) is 0. The van der Waals surface area contributed by atoms with E-state index >= 15 is 0 Å². The van der Waals surface area contributed by atoms with E-state index in [4.69, 9.17) is 4.98 Å². The van der Waals surface area contributed by atoms with Crippen molar-refractivity contribution < 1.29 is 0 Å². The van der Waals surface area contributed by atoms with Crippen LogP contribution in [-0.2, 0) is 5.41 Å². The number of pyridine rings is 1. The Balaban J connectivity index is 1.34. The summed E-state index contributed by atoms with van der Waals surface area (Å²) in [5.41, 5.74) is 12.4. The van der Waals surface area contributed by atoms with Gasteiger partial charge in [0.05, 0.1) is 0 Å². The van der Waals surface area contributed by atoms with Gasteiger partial charge in [0, 0.05) is 40.0 Å². The number of rotatable bonds is 8. The van der Waals surface area contributed by atoms with Crippen LogP contribution in [0.25, 0.3) is 11.1 Å². The van der Waals surface area contributed by atoms with Crippen LogP contribution in [-0.4, -0.2) is 4.98 Å². The highest BCUT2D eigenvalue weighted by molar-refractivity contribution is 5.86. The van der Waals surface area contributed by atoms with Crippen molar-refractivity contribution in [2.24, 2.45) is 0 Å². The first kappa shape index (κ1) is 27.7. The predicted octanol–water partition coefficient (Wildman–Crippen LogP) is 11.4. The second kappa shape index (κ2) is 11.5. The van der Waals surface area contributed by atoms with E-state index < -0.39 is 0 Å². The van der Waals surface area contributed by atoms with Gasteiger partial charge in [0.25, 0.3) is 0 Å². The zero-order chi connectivity index (χ0) is 30.1. The molecule has 1 heterocycles. The summed E-state index contributed by atoms with van der Waals surface area (Å²) in [6, 6.07) is 50.2. The van der Waals surface area contributed by atoms with E-state index in [9.17, 15) is 0 Å². The van der Waals surface area contributed by atoms with Crippen molar-refractivity contribution in [2.75, 3.05) is 9.80 Å². The molecule has 0 saturated heterocycles. The fourth-order valence-electron chi connectivity index (χ4n) is 7.04. The molecule has 1 aromatic heterocycles. The van der Waals surface area contributed by atoms with E-state index in [-0.39, 0.29) is 5.41 Å². The maximum atomic E-state index is 4.71. The van der Waals surface area contributed by atoms with Crippen LogP contribution in [0.3, 0.4) is 0 Å². The number of benzene rings is 5. The zero-order valence-corrected chi connectivity index (χ0v) is 25.6. The van der Waals surface area contributed by atoms with Gasteiger partial charge in [-0.05, 0) is 120 Å². The standard InChI is InChI=1S/C41H37N3/c1-4-41(5-2)38-19-10-9-18-36(38)37-26-25-35(29-39(37)41)43(31-15-7-6-8-16-31)32-21-23-33(24-22-32)44(40-20-11-12-27-42-40)34-17-13-14-30(3)28-34/h6-29H,4-5H2,1-3H3. The van der Waals surface area contributed by atoms with E-state index in [2.05, 4.69) is 158 Å². The number of para-hydroxylation sites is 1. The van der Waals surface area contributed by atoms with E-state index in [1.807, 2.05) is 18.3 Å². The molecule has 0 N–H and O–H groups in total. The van der Waals surface area contributed by atoms with Crippen LogP contribution in [0.15, 0.2) is 146 Å². The minimum atomic E-state index is 0.0190. The van der Waals surface area contributed by atoms with Crippen LogP contribution >= 0.6 is 0 Å². The number of aryl methyl sites for hydroxylation is 1. The fraction of sp³-hybridized carbons (Fsp3) is 0.146. The second-order valence-corrected chi connectivity index (χ2v) is 11.6. The van der Waals surface area contributed by atoms with Crippen molar-refractivity contribution in [1.82, 2.24) is 4.98 Å². The molecule has 0 saturated carbocycles. The molecule has 5 aromatic carbocycles. The topological polar surface area (TPSA) is 19.4 Å². The van der Waals surface area contributed by atoms with Gasteiger partial charge in [-0.15, -0.1) is 0 Å². The first-order valence-corrected chi connectivity index (χ1v) is 15.6. The monoisotopic (exact) mass is 571 g/mol. The van der Waals surface area contributed by atoms with Crippen LogP contribution in [0, 0.1) is 6.92 Å². The van der Waals surface area contributed by atoms with Crippen molar-refractivity contribution in [1.29, 1.82) is 0 Å². The summed E-state index contributed by atoms with van der Waals surface area (Å²) >= 11 is 0. The number of hydrogen-bond donors (Lipinski definition) is 0. The molecule has 0 unspecified atom stereocenters. The summed E-state index contributed by atoms with van der Waals surface area (Å²) in [5.74, 6) is 0.888. The summed E-state index contributed by atoms with van der Waals surface area (Å²) < 4.78 is 0. The third-order valence-electron chi connectivity index (χ3n) is 9.24. The van der Waals surface area contributed by atoms with Gasteiger partial charge in [0.15, 0.2) is 0 Å². The molecule has 0 radical (unpaired) electrons. The third kappa shape index (κ3) is 4.66. The quantitative estimate of drug-likeness (QED) is 0.181. The van der Waals surface area contributed by atoms with Crippen LogP contribution in [0.4, 0.5) is 34.3 Å². The Bertz CT molecular complexity index is 1890. The van der Waals surface area contributed by atoms with Crippen LogP contribution in [0.5, 0.6) is 0 Å². The molecule has 216 valence electrons. The molecule has 44 heavy (non-hydrogen) atoms. The van der Waals surface area contributed by atoms with E-state index in [0.717, 1.165) is 41.4 Å². The molecular weight excluding hydrogens is 534 g/mol. The molecule has 1 aliphatic rings. The molecule has 1 aliphatic carbocycles. The Morgan fingerprint density at radius 1 is 0.500 bits per heavy atom. The lowest BCUT2D eigenvalue weighted by molar-refractivity contribution is 0.490. The van der Waals surface area contributed by atoms with Gasteiger partial charge in [-0.2, -0.15) is 0 Å². The van der Waals surface area contributed by atoms with Crippen molar-refractivity contribution in [3.63, 3.8) is 0 Å². The first-order chi connectivity index (χ1) is 21.6. The zero-order valence-electron chi connectivity index (χ0n) is 25.6. The lowest BCUT2D eigenvalue weighted by Gasteiger charge is -2.32. The van der Waals surface area contributed by atoms with Gasteiger partial charge in [-0.3, -0.25) is 4.90 Å². The van der Waals surface area contributed by atoms with Gasteiger partial charge in [-0.1, -0.05) is 80.6 Å². The fourth-order valence-corrected chi connectivity index (χ4v) is 7.04. The molecule has 0 atom stereocenters. The minimum Gasteiger partial charge on any atom is -0.310 e. The predicted molar refractivity (Wildman–Crippen MR) is 185 cm³/mol. The molecular formula is C41H37N3. The molecule has 0 aliphatic heterocycles. The Hall–Kier alpha value is -5.15. The molecule has 0 spiro atoms. The molecule has 6 aromatic rings. The molecule has 0 fully saturated rings. The maximum Gasteiger partial charge on any atom is 0.137 e. The summed E-state index contributed by atoms with van der Waals surface area (Å²) in [6.07, 6.45) is 3.99. The second-order valence-electron chi connectivity index (χ2n) is 11.6. The first-order valence-electron chi connectivity index (χ1n) is 15.6. The largest absolute Gasteiger partial charge is 0.310 e. The molecule has 0 amide bonds. The Kier molecular flexibility index (Phi) is 7.23. The number of nitrogens with zero attached hydrogens (tertiary/aromatic N) is 3. The highest BCUT2D eigenvalue weighted by Crippen LogP contribution is 2.54. The Morgan fingerprint density at radius 3 is 1.80 bits per heavy atom. The number of hydrogen-bond acceptors (Lipinski definition) is 3. The summed E-state index contributed by atoms with van der Waals surface area (Å²) in [4.78, 5) is 9.30. The van der Waals surface area contributed by atoms with Gasteiger partial charge in [0.2, 0.25) is 0 Å². The van der Waals surface area contributed by atoms with Crippen LogP contribution in [0.2, 0.25) is 0 Å². The van der Waals surface area contributed by atoms with Gasteiger partial charge in [0.1, 0.15) is 5.82 Å². The van der Waals surface area contributed by atoms with Crippen molar-refractivity contribution in [3.05, 3.63) is 162 Å². The molecule has 3 heteroatoms. The number of anilines is 6. The van der Waals surface area contributed by atoms with Gasteiger partial charge in [-0.25, -0.2) is 4.98 Å². The summed E-state index contributed by atoms with van der Waals surface area (Å²) in [6.45, 7) is 6.79. The summed E-state index contributed by atoms with van der Waals surface area (Å²) in [7, 11) is 0. The smallest absolute Gasteiger partial charge is 0.137 e. The highest BCUT2D eigenvalue weighted by Gasteiger charge is 2.40. The minimum absolute atomic E-state index is 0.0190. The van der Waals surface area contributed by atoms with Crippen molar-refractivity contribution in [2.45, 2.75) is 39.0 Å². The lowest BCUT2D eigenvalue weighted by atomic mass is 9.74. The molecule has 7 rings (SSSR count). The third-order valence-corrected chi connectivity index (χ3v) is 9.24. The number of fused-ring (bicyclic) bond motifs is 3. The normalized spacial score (nSPS) is 12.8. The Labute approximate surface area is 261 Å². The van der Waals surface area contributed by atoms with Crippen LogP contribution < -0.4 is 9.80 Å². The van der Waals surface area contributed by atoms with E-state index in [0.29, 0.717) is 0 Å². The maximum absolute atomic E-state index is 4.71. The molecule has 0 bridgehead atoms.